The fraction of sp³-hybridized carbons (Fsp3) is 0.310. The summed E-state index contributed by atoms with van der Waals surface area (Å²) in [7, 11) is 3.04. The lowest BCUT2D eigenvalue weighted by Crippen LogP contribution is -2.41. The molecule has 40 heavy (non-hydrogen) atoms. The Balaban J connectivity index is 1.86. The van der Waals surface area contributed by atoms with Gasteiger partial charge < -0.3 is 19.1 Å². The van der Waals surface area contributed by atoms with E-state index in [4.69, 9.17) is 14.2 Å². The summed E-state index contributed by atoms with van der Waals surface area (Å²) < 4.78 is 18.7. The Morgan fingerprint density at radius 1 is 1.12 bits per heavy atom. The molecule has 0 saturated heterocycles. The average Bonchev–Trinajstić information content (AvgIpc) is 3.39. The standard InChI is InChI=1S/C29H28BrN3O6S/c1-7-39-28(36)22-15(4)31-29-33(24(22)17-12-20(37-5)21(38-6)13-18(17)30)27(35)25(40-29)23-16-10-8-9-11-19(16)32(14(2)3)26(23)34/h8-14,24H,7H2,1-6H3/b25-23+/t24-/m0/s1. The number of esters is 1. The number of carbonyl (C=O) groups excluding carboxylic acids is 2. The molecule has 11 heteroatoms. The zero-order valence-corrected chi connectivity index (χ0v) is 25.3. The van der Waals surface area contributed by atoms with Crippen LogP contribution in [0.5, 0.6) is 11.5 Å². The number of allylic oxidation sites excluding steroid dienone is 1. The van der Waals surface area contributed by atoms with E-state index in [9.17, 15) is 14.4 Å². The van der Waals surface area contributed by atoms with Gasteiger partial charge in [0.2, 0.25) is 0 Å². The van der Waals surface area contributed by atoms with Gasteiger partial charge in [0.1, 0.15) is 4.53 Å². The molecule has 2 aromatic carbocycles. The molecule has 0 fully saturated rings. The van der Waals surface area contributed by atoms with Crippen LogP contribution in [0.2, 0.25) is 0 Å². The number of ether oxygens (including phenoxy) is 3. The van der Waals surface area contributed by atoms with Crippen LogP contribution >= 0.6 is 27.3 Å². The predicted octanol–water partition coefficient (Wildman–Crippen LogP) is 3.70. The second kappa shape index (κ2) is 10.7. The Kier molecular flexibility index (Phi) is 7.45. The second-order valence-electron chi connectivity index (χ2n) is 9.51. The smallest absolute Gasteiger partial charge is 0.338 e. The van der Waals surface area contributed by atoms with Gasteiger partial charge in [-0.15, -0.1) is 0 Å². The molecule has 9 nitrogen and oxygen atoms in total. The third kappa shape index (κ3) is 4.28. The Morgan fingerprint density at radius 2 is 1.80 bits per heavy atom. The molecule has 0 bridgehead atoms. The molecule has 2 aliphatic heterocycles. The summed E-state index contributed by atoms with van der Waals surface area (Å²) in [5.74, 6) is 0.0809. The normalized spacial score (nSPS) is 17.6. The number of amides is 1. The van der Waals surface area contributed by atoms with Gasteiger partial charge in [-0.1, -0.05) is 45.5 Å². The monoisotopic (exact) mass is 625 g/mol. The van der Waals surface area contributed by atoms with Gasteiger partial charge in [0.15, 0.2) is 16.3 Å². The number of carbonyl (C=O) groups is 2. The molecular weight excluding hydrogens is 598 g/mol. The van der Waals surface area contributed by atoms with Crippen molar-refractivity contribution in [3.63, 3.8) is 0 Å². The van der Waals surface area contributed by atoms with E-state index in [0.29, 0.717) is 43.2 Å². The summed E-state index contributed by atoms with van der Waals surface area (Å²) in [6.45, 7) is 7.45. The SMILES string of the molecule is CCOC(=O)C1=C(C)N=c2s/c(=C3/C(=O)N(C(C)C)c4ccccc43)c(=O)n2[C@H]1c1cc(OC)c(OC)cc1Br. The largest absolute Gasteiger partial charge is 0.493 e. The second-order valence-corrected chi connectivity index (χ2v) is 11.3. The van der Waals surface area contributed by atoms with Crippen LogP contribution in [0.3, 0.4) is 0 Å². The van der Waals surface area contributed by atoms with E-state index in [0.717, 1.165) is 17.0 Å². The summed E-state index contributed by atoms with van der Waals surface area (Å²) >= 11 is 4.74. The van der Waals surface area contributed by atoms with Crippen molar-refractivity contribution in [1.82, 2.24) is 4.57 Å². The van der Waals surface area contributed by atoms with Crippen molar-refractivity contribution in [2.75, 3.05) is 25.7 Å². The van der Waals surface area contributed by atoms with Gasteiger partial charge in [0.05, 0.1) is 49.4 Å². The summed E-state index contributed by atoms with van der Waals surface area (Å²) in [5, 5.41) is 0. The number of methoxy groups -OCH3 is 2. The molecule has 0 unspecified atom stereocenters. The average molecular weight is 627 g/mol. The molecule has 5 rings (SSSR count). The first-order chi connectivity index (χ1) is 19.1. The minimum Gasteiger partial charge on any atom is -0.493 e. The van der Waals surface area contributed by atoms with Crippen molar-refractivity contribution in [1.29, 1.82) is 0 Å². The van der Waals surface area contributed by atoms with Crippen LogP contribution < -0.4 is 29.3 Å². The van der Waals surface area contributed by atoms with Crippen molar-refractivity contribution in [3.8, 4) is 11.5 Å². The molecule has 0 N–H and O–H groups in total. The van der Waals surface area contributed by atoms with Gasteiger partial charge in [0.25, 0.3) is 11.5 Å². The highest BCUT2D eigenvalue weighted by Crippen LogP contribution is 2.41. The van der Waals surface area contributed by atoms with Crippen LogP contribution in [0, 0.1) is 0 Å². The van der Waals surface area contributed by atoms with E-state index in [1.165, 1.54) is 18.8 Å². The van der Waals surface area contributed by atoms with E-state index >= 15 is 0 Å². The van der Waals surface area contributed by atoms with Crippen molar-refractivity contribution >= 4 is 50.4 Å². The van der Waals surface area contributed by atoms with E-state index in [2.05, 4.69) is 20.9 Å². The molecule has 3 heterocycles. The van der Waals surface area contributed by atoms with Gasteiger partial charge in [-0.2, -0.15) is 0 Å². The predicted molar refractivity (Wildman–Crippen MR) is 156 cm³/mol. The van der Waals surface area contributed by atoms with Crippen LogP contribution in [-0.4, -0.2) is 43.3 Å². The van der Waals surface area contributed by atoms with E-state index in [1.54, 1.807) is 30.9 Å². The van der Waals surface area contributed by atoms with E-state index < -0.39 is 17.6 Å². The number of nitrogens with zero attached hydrogens (tertiary/aromatic N) is 3. The molecular formula is C29H28BrN3O6S. The summed E-state index contributed by atoms with van der Waals surface area (Å²) in [5.41, 5.74) is 2.58. The first-order valence-corrected chi connectivity index (χ1v) is 14.3. The quantitative estimate of drug-likeness (QED) is 0.387. The number of aromatic nitrogens is 1. The lowest BCUT2D eigenvalue weighted by molar-refractivity contribution is -0.139. The zero-order valence-electron chi connectivity index (χ0n) is 22.9. The summed E-state index contributed by atoms with van der Waals surface area (Å²) in [4.78, 5) is 48.1. The molecule has 0 saturated carbocycles. The Labute approximate surface area is 243 Å². The lowest BCUT2D eigenvalue weighted by atomic mass is 9.95. The third-order valence-electron chi connectivity index (χ3n) is 6.90. The highest BCUT2D eigenvalue weighted by atomic mass is 79.9. The molecule has 2 aliphatic rings. The van der Waals surface area contributed by atoms with Gasteiger partial charge in [-0.25, -0.2) is 9.79 Å². The van der Waals surface area contributed by atoms with Crippen molar-refractivity contribution in [3.05, 3.63) is 83.0 Å². The van der Waals surface area contributed by atoms with Crippen LogP contribution in [-0.2, 0) is 14.3 Å². The van der Waals surface area contributed by atoms with Gasteiger partial charge in [-0.3, -0.25) is 14.2 Å². The minimum absolute atomic E-state index is 0.108. The maximum atomic E-state index is 14.3. The minimum atomic E-state index is -0.896. The molecule has 0 aliphatic carbocycles. The summed E-state index contributed by atoms with van der Waals surface area (Å²) in [6, 6.07) is 9.89. The summed E-state index contributed by atoms with van der Waals surface area (Å²) in [6.07, 6.45) is 0. The zero-order chi connectivity index (χ0) is 28.9. The van der Waals surface area contributed by atoms with Gasteiger partial charge >= 0.3 is 5.97 Å². The number of halogens is 1. The first-order valence-electron chi connectivity index (χ1n) is 12.7. The van der Waals surface area contributed by atoms with Crippen molar-refractivity contribution < 1.29 is 23.8 Å². The van der Waals surface area contributed by atoms with Crippen LogP contribution in [0.25, 0.3) is 5.57 Å². The maximum Gasteiger partial charge on any atom is 0.338 e. The molecule has 1 amide bonds. The van der Waals surface area contributed by atoms with Crippen LogP contribution in [0.15, 0.2) is 61.9 Å². The fourth-order valence-electron chi connectivity index (χ4n) is 5.19. The van der Waals surface area contributed by atoms with Gasteiger partial charge in [-0.05, 0) is 51.5 Å². The number of hydrogen-bond donors (Lipinski definition) is 0. The Hall–Kier alpha value is -3.70. The number of para-hydroxylation sites is 1. The Bertz CT molecular complexity index is 1770. The molecule has 1 aromatic heterocycles. The third-order valence-corrected chi connectivity index (χ3v) is 8.64. The molecule has 208 valence electrons. The molecule has 0 radical (unpaired) electrons. The maximum absolute atomic E-state index is 14.3. The fourth-order valence-corrected chi connectivity index (χ4v) is 6.86. The number of anilines is 1. The number of thiazole rings is 1. The van der Waals surface area contributed by atoms with E-state index in [-0.39, 0.29) is 28.7 Å². The van der Waals surface area contributed by atoms with Crippen molar-refractivity contribution in [2.24, 2.45) is 4.99 Å². The van der Waals surface area contributed by atoms with E-state index in [1.807, 2.05) is 38.1 Å². The number of fused-ring (bicyclic) bond motifs is 2. The Morgan fingerprint density at radius 3 is 2.45 bits per heavy atom. The highest BCUT2D eigenvalue weighted by molar-refractivity contribution is 9.10. The first kappa shape index (κ1) is 27.9. The number of rotatable bonds is 6. The lowest BCUT2D eigenvalue weighted by Gasteiger charge is -2.26. The van der Waals surface area contributed by atoms with Gasteiger partial charge in [0, 0.05) is 16.1 Å². The molecule has 0 spiro atoms. The number of hydrogen-bond acceptors (Lipinski definition) is 8. The molecule has 1 atom stereocenters. The number of benzene rings is 2. The van der Waals surface area contributed by atoms with Crippen molar-refractivity contribution in [2.45, 2.75) is 39.8 Å². The topological polar surface area (TPSA) is 99.4 Å². The van der Waals surface area contributed by atoms with Crippen LogP contribution in [0.1, 0.15) is 44.9 Å². The van der Waals surface area contributed by atoms with Crippen LogP contribution in [0.4, 0.5) is 5.69 Å². The molecule has 3 aromatic rings. The highest BCUT2D eigenvalue weighted by Gasteiger charge is 2.38.